The fraction of sp³-hybridized carbons (Fsp3) is 1.00. The Morgan fingerprint density at radius 2 is 1.77 bits per heavy atom. The van der Waals surface area contributed by atoms with Gasteiger partial charge in [0, 0.05) is 6.04 Å². The van der Waals surface area contributed by atoms with Gasteiger partial charge in [0.15, 0.2) is 0 Å². The first-order valence-corrected chi connectivity index (χ1v) is 5.78. The lowest BCUT2D eigenvalue weighted by atomic mass is 10.1. The molecule has 2 unspecified atom stereocenters. The summed E-state index contributed by atoms with van der Waals surface area (Å²) >= 11 is 0. The van der Waals surface area contributed by atoms with Gasteiger partial charge in [-0.05, 0) is 38.1 Å². The third kappa shape index (κ3) is 2.96. The number of nitrogens with one attached hydrogen (secondary N) is 1. The molecule has 0 aromatic heterocycles. The molecular weight excluding hydrogens is 162 g/mol. The molecule has 2 fully saturated rings. The Bertz CT molecular complexity index is 156. The van der Waals surface area contributed by atoms with Crippen molar-refractivity contribution in [3.05, 3.63) is 0 Å². The lowest BCUT2D eigenvalue weighted by Crippen LogP contribution is -2.40. The van der Waals surface area contributed by atoms with E-state index < -0.39 is 0 Å². The van der Waals surface area contributed by atoms with Gasteiger partial charge in [0.05, 0.1) is 6.10 Å². The predicted molar refractivity (Wildman–Crippen MR) is 53.6 cm³/mol. The van der Waals surface area contributed by atoms with Crippen molar-refractivity contribution >= 4 is 0 Å². The van der Waals surface area contributed by atoms with Gasteiger partial charge in [0.1, 0.15) is 0 Å². The minimum atomic E-state index is -0.0822. The van der Waals surface area contributed by atoms with Gasteiger partial charge in [-0.1, -0.05) is 19.3 Å². The zero-order valence-corrected chi connectivity index (χ0v) is 8.34. The molecule has 2 heteroatoms. The fourth-order valence-corrected chi connectivity index (χ4v) is 2.17. The number of aliphatic hydroxyl groups excluding tert-OH is 1. The van der Waals surface area contributed by atoms with Crippen LogP contribution < -0.4 is 5.32 Å². The van der Waals surface area contributed by atoms with Crippen molar-refractivity contribution in [3.8, 4) is 0 Å². The van der Waals surface area contributed by atoms with E-state index in [2.05, 4.69) is 5.32 Å². The van der Waals surface area contributed by atoms with Crippen LogP contribution >= 0.6 is 0 Å². The first-order valence-electron chi connectivity index (χ1n) is 5.78. The van der Waals surface area contributed by atoms with E-state index in [0.717, 1.165) is 18.9 Å². The Balaban J connectivity index is 1.72. The molecule has 2 saturated carbocycles. The van der Waals surface area contributed by atoms with Crippen LogP contribution in [0.3, 0.4) is 0 Å². The standard InChI is InChI=1S/C11H21NO/c13-11-5-3-1-2-4-10(11)12-8-9-6-7-9/h9-13H,1-8H2. The van der Waals surface area contributed by atoms with Gasteiger partial charge < -0.3 is 10.4 Å². The molecule has 2 rings (SSSR count). The average Bonchev–Trinajstić information content (AvgIpc) is 2.90. The summed E-state index contributed by atoms with van der Waals surface area (Å²) in [5.74, 6) is 0.926. The number of hydrogen-bond acceptors (Lipinski definition) is 2. The average molecular weight is 183 g/mol. The molecule has 2 nitrogen and oxygen atoms in total. The van der Waals surface area contributed by atoms with E-state index in [1.54, 1.807) is 0 Å². The molecule has 2 atom stereocenters. The smallest absolute Gasteiger partial charge is 0.0693 e. The number of aliphatic hydroxyl groups is 1. The highest BCUT2D eigenvalue weighted by Crippen LogP contribution is 2.28. The van der Waals surface area contributed by atoms with Crippen molar-refractivity contribution < 1.29 is 5.11 Å². The topological polar surface area (TPSA) is 32.3 Å². The Labute approximate surface area is 80.7 Å². The molecular formula is C11H21NO. The van der Waals surface area contributed by atoms with E-state index in [1.165, 1.54) is 38.5 Å². The quantitative estimate of drug-likeness (QED) is 0.652. The molecule has 2 aliphatic rings. The lowest BCUT2D eigenvalue weighted by molar-refractivity contribution is 0.119. The van der Waals surface area contributed by atoms with Crippen LogP contribution in [0.15, 0.2) is 0 Å². The molecule has 0 heterocycles. The maximum absolute atomic E-state index is 9.82. The SMILES string of the molecule is OC1CCCCCC1NCC1CC1. The van der Waals surface area contributed by atoms with E-state index in [9.17, 15) is 5.11 Å². The largest absolute Gasteiger partial charge is 0.392 e. The maximum Gasteiger partial charge on any atom is 0.0693 e. The van der Waals surface area contributed by atoms with Gasteiger partial charge in [-0.15, -0.1) is 0 Å². The summed E-state index contributed by atoms with van der Waals surface area (Å²) in [4.78, 5) is 0. The molecule has 0 radical (unpaired) electrons. The van der Waals surface area contributed by atoms with Gasteiger partial charge >= 0.3 is 0 Å². The summed E-state index contributed by atoms with van der Waals surface area (Å²) in [5.41, 5.74) is 0. The summed E-state index contributed by atoms with van der Waals surface area (Å²) in [6.45, 7) is 1.14. The highest BCUT2D eigenvalue weighted by Gasteiger charge is 2.25. The van der Waals surface area contributed by atoms with Crippen LogP contribution in [0.1, 0.15) is 44.9 Å². The van der Waals surface area contributed by atoms with Crippen LogP contribution in [0.4, 0.5) is 0 Å². The van der Waals surface area contributed by atoms with Crippen LogP contribution in [0.5, 0.6) is 0 Å². The van der Waals surface area contributed by atoms with E-state index >= 15 is 0 Å². The Morgan fingerprint density at radius 3 is 2.54 bits per heavy atom. The van der Waals surface area contributed by atoms with Crippen molar-refractivity contribution in [3.63, 3.8) is 0 Å². The molecule has 2 N–H and O–H groups in total. The van der Waals surface area contributed by atoms with Crippen molar-refractivity contribution in [2.45, 2.75) is 57.1 Å². The Kier molecular flexibility index (Phi) is 3.23. The first kappa shape index (κ1) is 9.47. The monoisotopic (exact) mass is 183 g/mol. The second kappa shape index (κ2) is 4.43. The van der Waals surface area contributed by atoms with Crippen LogP contribution in [-0.2, 0) is 0 Å². The normalized spacial score (nSPS) is 35.8. The van der Waals surface area contributed by atoms with Gasteiger partial charge in [-0.3, -0.25) is 0 Å². The second-order valence-electron chi connectivity index (χ2n) is 4.66. The minimum Gasteiger partial charge on any atom is -0.392 e. The van der Waals surface area contributed by atoms with Gasteiger partial charge in [0.25, 0.3) is 0 Å². The second-order valence-corrected chi connectivity index (χ2v) is 4.66. The van der Waals surface area contributed by atoms with Gasteiger partial charge in [-0.2, -0.15) is 0 Å². The van der Waals surface area contributed by atoms with Crippen molar-refractivity contribution in [1.29, 1.82) is 0 Å². The van der Waals surface area contributed by atoms with Gasteiger partial charge in [-0.25, -0.2) is 0 Å². The van der Waals surface area contributed by atoms with Crippen molar-refractivity contribution in [2.24, 2.45) is 5.92 Å². The van der Waals surface area contributed by atoms with E-state index in [0.29, 0.717) is 6.04 Å². The molecule has 0 aromatic carbocycles. The van der Waals surface area contributed by atoms with Crippen LogP contribution in [0, 0.1) is 5.92 Å². The van der Waals surface area contributed by atoms with Crippen LogP contribution in [0.2, 0.25) is 0 Å². The molecule has 2 aliphatic carbocycles. The van der Waals surface area contributed by atoms with Gasteiger partial charge in [0.2, 0.25) is 0 Å². The minimum absolute atomic E-state index is 0.0822. The summed E-state index contributed by atoms with van der Waals surface area (Å²) in [7, 11) is 0. The van der Waals surface area contributed by atoms with Crippen molar-refractivity contribution in [1.82, 2.24) is 5.32 Å². The zero-order valence-electron chi connectivity index (χ0n) is 8.34. The predicted octanol–water partition coefficient (Wildman–Crippen LogP) is 1.68. The van der Waals surface area contributed by atoms with Crippen LogP contribution in [0.25, 0.3) is 0 Å². The third-order valence-electron chi connectivity index (χ3n) is 3.35. The molecule has 13 heavy (non-hydrogen) atoms. The maximum atomic E-state index is 9.82. The first-order chi connectivity index (χ1) is 6.36. The molecule has 0 saturated heterocycles. The molecule has 0 aromatic rings. The summed E-state index contributed by atoms with van der Waals surface area (Å²) in [5, 5.41) is 13.3. The number of hydrogen-bond donors (Lipinski definition) is 2. The fourth-order valence-electron chi connectivity index (χ4n) is 2.17. The number of rotatable bonds is 3. The highest BCUT2D eigenvalue weighted by atomic mass is 16.3. The summed E-state index contributed by atoms with van der Waals surface area (Å²) in [6.07, 6.45) is 8.70. The van der Waals surface area contributed by atoms with E-state index in [1.807, 2.05) is 0 Å². The highest BCUT2D eigenvalue weighted by molar-refractivity contribution is 4.82. The Morgan fingerprint density at radius 1 is 1.00 bits per heavy atom. The molecule has 0 spiro atoms. The molecule has 0 bridgehead atoms. The van der Waals surface area contributed by atoms with E-state index in [4.69, 9.17) is 0 Å². The van der Waals surface area contributed by atoms with E-state index in [-0.39, 0.29) is 6.10 Å². The Hall–Kier alpha value is -0.0800. The third-order valence-corrected chi connectivity index (χ3v) is 3.35. The zero-order chi connectivity index (χ0) is 9.10. The van der Waals surface area contributed by atoms with Crippen molar-refractivity contribution in [2.75, 3.05) is 6.54 Å². The summed E-state index contributed by atoms with van der Waals surface area (Å²) < 4.78 is 0. The molecule has 0 aliphatic heterocycles. The van der Waals surface area contributed by atoms with Crippen LogP contribution in [-0.4, -0.2) is 23.8 Å². The molecule has 76 valence electrons. The molecule has 0 amide bonds. The summed E-state index contributed by atoms with van der Waals surface area (Å²) in [6, 6.07) is 0.392. The lowest BCUT2D eigenvalue weighted by Gasteiger charge is -2.21.